The Balaban J connectivity index is 1.70. The van der Waals surface area contributed by atoms with Gasteiger partial charge in [0.25, 0.3) is 0 Å². The molecule has 0 aliphatic carbocycles. The van der Waals surface area contributed by atoms with E-state index in [1.807, 2.05) is 54.9 Å². The molecule has 27 heavy (non-hydrogen) atoms. The van der Waals surface area contributed by atoms with Crippen LogP contribution in [0.4, 0.5) is 0 Å². The summed E-state index contributed by atoms with van der Waals surface area (Å²) in [5.74, 6) is 2.51. The zero-order valence-corrected chi connectivity index (χ0v) is 16.3. The van der Waals surface area contributed by atoms with Gasteiger partial charge in [0.2, 0.25) is 0 Å². The highest BCUT2D eigenvalue weighted by Crippen LogP contribution is 2.30. The van der Waals surface area contributed by atoms with E-state index in [4.69, 9.17) is 9.47 Å². The van der Waals surface area contributed by atoms with E-state index in [2.05, 4.69) is 10.2 Å². The van der Waals surface area contributed by atoms with Crippen LogP contribution in [0.2, 0.25) is 0 Å². The number of rotatable bonds is 8. The molecule has 0 aliphatic rings. The van der Waals surface area contributed by atoms with Crippen LogP contribution in [0.15, 0.2) is 53.7 Å². The third-order valence-electron chi connectivity index (χ3n) is 4.00. The molecule has 0 radical (unpaired) electrons. The molecule has 0 atom stereocenters. The van der Waals surface area contributed by atoms with Gasteiger partial charge < -0.3 is 14.0 Å². The smallest absolute Gasteiger partial charge is 0.191 e. The Morgan fingerprint density at radius 3 is 2.56 bits per heavy atom. The van der Waals surface area contributed by atoms with E-state index in [0.29, 0.717) is 23.2 Å². The van der Waals surface area contributed by atoms with Gasteiger partial charge in [0.1, 0.15) is 11.5 Å². The molecule has 0 N–H and O–H groups in total. The maximum absolute atomic E-state index is 12.4. The maximum Gasteiger partial charge on any atom is 0.191 e. The number of aromatic nitrogens is 3. The van der Waals surface area contributed by atoms with Crippen molar-refractivity contribution in [1.29, 1.82) is 0 Å². The molecule has 0 amide bonds. The lowest BCUT2D eigenvalue weighted by Gasteiger charge is -2.08. The molecular formula is C20H21N3O3S. The number of hydrogen-bond donors (Lipinski definition) is 0. The number of hydrogen-bond acceptors (Lipinski definition) is 6. The standard InChI is InChI=1S/C20H21N3O3S/c1-4-26-15-11-9-14(10-12-15)17(24)13-27-20-22-21-19(23(20)2)16-7-5-6-8-18(16)25-3/h5-12H,4,13H2,1-3H3. The Kier molecular flexibility index (Phi) is 6.13. The summed E-state index contributed by atoms with van der Waals surface area (Å²) in [7, 11) is 3.51. The van der Waals surface area contributed by atoms with Gasteiger partial charge in [-0.2, -0.15) is 0 Å². The first kappa shape index (κ1) is 19.0. The highest BCUT2D eigenvalue weighted by atomic mass is 32.2. The Bertz CT molecular complexity index is 922. The van der Waals surface area contributed by atoms with Crippen LogP contribution < -0.4 is 9.47 Å². The normalized spacial score (nSPS) is 10.6. The van der Waals surface area contributed by atoms with Crippen molar-refractivity contribution in [2.75, 3.05) is 19.5 Å². The monoisotopic (exact) mass is 383 g/mol. The predicted molar refractivity (Wildman–Crippen MR) is 106 cm³/mol. The molecule has 1 aromatic heterocycles. The molecule has 0 spiro atoms. The van der Waals surface area contributed by atoms with E-state index in [1.165, 1.54) is 11.8 Å². The summed E-state index contributed by atoms with van der Waals surface area (Å²) in [4.78, 5) is 12.4. The number of thioether (sulfide) groups is 1. The van der Waals surface area contributed by atoms with Crippen LogP contribution in [0.25, 0.3) is 11.4 Å². The van der Waals surface area contributed by atoms with Crippen molar-refractivity contribution in [3.63, 3.8) is 0 Å². The Morgan fingerprint density at radius 1 is 1.11 bits per heavy atom. The number of Topliss-reactive ketones (excluding diaryl/α,β-unsaturated/α-hetero) is 1. The SMILES string of the molecule is CCOc1ccc(C(=O)CSc2nnc(-c3ccccc3OC)n2C)cc1. The van der Waals surface area contributed by atoms with E-state index < -0.39 is 0 Å². The van der Waals surface area contributed by atoms with Crippen LogP contribution in [0.3, 0.4) is 0 Å². The number of benzene rings is 2. The van der Waals surface area contributed by atoms with Gasteiger partial charge in [0, 0.05) is 12.6 Å². The minimum absolute atomic E-state index is 0.0323. The molecule has 2 aromatic carbocycles. The van der Waals surface area contributed by atoms with Gasteiger partial charge in [0.15, 0.2) is 16.8 Å². The minimum Gasteiger partial charge on any atom is -0.496 e. The van der Waals surface area contributed by atoms with Crippen LogP contribution in [-0.2, 0) is 7.05 Å². The molecule has 140 valence electrons. The fourth-order valence-electron chi connectivity index (χ4n) is 2.62. The van der Waals surface area contributed by atoms with Crippen LogP contribution in [0.1, 0.15) is 17.3 Å². The molecule has 7 heteroatoms. The van der Waals surface area contributed by atoms with Crippen molar-refractivity contribution in [2.24, 2.45) is 7.05 Å². The number of ketones is 1. The van der Waals surface area contributed by atoms with E-state index in [0.717, 1.165) is 17.1 Å². The Morgan fingerprint density at radius 2 is 1.85 bits per heavy atom. The average Bonchev–Trinajstić information content (AvgIpc) is 3.07. The molecule has 0 unspecified atom stereocenters. The van der Waals surface area contributed by atoms with Gasteiger partial charge in [-0.05, 0) is 43.3 Å². The second-order valence-corrected chi connectivity index (χ2v) is 6.68. The zero-order valence-electron chi connectivity index (χ0n) is 15.5. The van der Waals surface area contributed by atoms with Gasteiger partial charge in [0.05, 0.1) is 25.0 Å². The summed E-state index contributed by atoms with van der Waals surface area (Å²) >= 11 is 1.36. The summed E-state index contributed by atoms with van der Waals surface area (Å²) in [6.45, 7) is 2.53. The highest BCUT2D eigenvalue weighted by Gasteiger charge is 2.16. The van der Waals surface area contributed by atoms with Gasteiger partial charge in [-0.1, -0.05) is 23.9 Å². The van der Waals surface area contributed by atoms with Crippen molar-refractivity contribution >= 4 is 17.5 Å². The van der Waals surface area contributed by atoms with Gasteiger partial charge in [-0.3, -0.25) is 4.79 Å². The lowest BCUT2D eigenvalue weighted by molar-refractivity contribution is 0.102. The molecule has 0 aliphatic heterocycles. The van der Waals surface area contributed by atoms with E-state index >= 15 is 0 Å². The zero-order chi connectivity index (χ0) is 19.2. The van der Waals surface area contributed by atoms with Gasteiger partial charge in [-0.25, -0.2) is 0 Å². The quantitative estimate of drug-likeness (QED) is 0.435. The van der Waals surface area contributed by atoms with Crippen molar-refractivity contribution in [1.82, 2.24) is 14.8 Å². The summed E-state index contributed by atoms with van der Waals surface area (Å²) in [5, 5.41) is 9.16. The molecule has 0 saturated heterocycles. The first-order valence-corrected chi connectivity index (χ1v) is 9.54. The number of para-hydroxylation sites is 1. The Labute approximate surface area is 162 Å². The third-order valence-corrected chi connectivity index (χ3v) is 5.02. The van der Waals surface area contributed by atoms with Crippen molar-refractivity contribution in [2.45, 2.75) is 12.1 Å². The van der Waals surface area contributed by atoms with Gasteiger partial charge in [-0.15, -0.1) is 10.2 Å². The third kappa shape index (κ3) is 4.31. The predicted octanol–water partition coefficient (Wildman–Crippen LogP) is 3.86. The van der Waals surface area contributed by atoms with Crippen molar-refractivity contribution in [3.8, 4) is 22.9 Å². The lowest BCUT2D eigenvalue weighted by Crippen LogP contribution is -2.04. The number of carbonyl (C=O) groups is 1. The van der Waals surface area contributed by atoms with Gasteiger partial charge >= 0.3 is 0 Å². The summed E-state index contributed by atoms with van der Waals surface area (Å²) in [5.41, 5.74) is 1.51. The van der Waals surface area contributed by atoms with Crippen molar-refractivity contribution in [3.05, 3.63) is 54.1 Å². The molecule has 0 saturated carbocycles. The first-order chi connectivity index (χ1) is 13.1. The minimum atomic E-state index is 0.0323. The fraction of sp³-hybridized carbons (Fsp3) is 0.250. The van der Waals surface area contributed by atoms with Crippen LogP contribution in [-0.4, -0.2) is 40.0 Å². The van der Waals surface area contributed by atoms with E-state index in [1.54, 1.807) is 19.2 Å². The molecule has 0 bridgehead atoms. The highest BCUT2D eigenvalue weighted by molar-refractivity contribution is 7.99. The largest absolute Gasteiger partial charge is 0.496 e. The average molecular weight is 383 g/mol. The summed E-state index contributed by atoms with van der Waals surface area (Å²) < 4.78 is 12.7. The molecular weight excluding hydrogens is 362 g/mol. The van der Waals surface area contributed by atoms with E-state index in [9.17, 15) is 4.79 Å². The topological polar surface area (TPSA) is 66.2 Å². The molecule has 3 aromatic rings. The van der Waals surface area contributed by atoms with Crippen LogP contribution in [0.5, 0.6) is 11.5 Å². The number of nitrogens with zero attached hydrogens (tertiary/aromatic N) is 3. The fourth-order valence-corrected chi connectivity index (χ4v) is 3.43. The van der Waals surface area contributed by atoms with E-state index in [-0.39, 0.29) is 11.5 Å². The number of carbonyl (C=O) groups excluding carboxylic acids is 1. The second-order valence-electron chi connectivity index (χ2n) is 5.73. The maximum atomic E-state index is 12.4. The summed E-state index contributed by atoms with van der Waals surface area (Å²) in [6, 6.07) is 14.8. The number of ether oxygens (including phenoxy) is 2. The number of methoxy groups -OCH3 is 1. The second kappa shape index (κ2) is 8.73. The van der Waals surface area contributed by atoms with Crippen LogP contribution in [0, 0.1) is 0 Å². The molecule has 3 rings (SSSR count). The lowest BCUT2D eigenvalue weighted by atomic mass is 10.1. The molecule has 0 fully saturated rings. The molecule has 6 nitrogen and oxygen atoms in total. The summed E-state index contributed by atoms with van der Waals surface area (Å²) in [6.07, 6.45) is 0. The Hall–Kier alpha value is -2.80. The first-order valence-electron chi connectivity index (χ1n) is 8.55. The van der Waals surface area contributed by atoms with Crippen LogP contribution >= 0.6 is 11.8 Å². The molecule has 1 heterocycles. The van der Waals surface area contributed by atoms with Crippen molar-refractivity contribution < 1.29 is 14.3 Å².